The molecule has 0 aliphatic heterocycles. The minimum atomic E-state index is -0.283. The molecule has 4 aromatic rings. The van der Waals surface area contributed by atoms with Crippen LogP contribution in [0.25, 0.3) is 16.9 Å². The molecule has 156 valence electrons. The fourth-order valence-electron chi connectivity index (χ4n) is 3.35. The number of rotatable bonds is 6. The predicted molar refractivity (Wildman–Crippen MR) is 124 cm³/mol. The highest BCUT2D eigenvalue weighted by molar-refractivity contribution is 5.95. The molecule has 0 saturated carbocycles. The van der Waals surface area contributed by atoms with Gasteiger partial charge in [-0.3, -0.25) is 4.79 Å². The highest BCUT2D eigenvalue weighted by Crippen LogP contribution is 2.26. The second-order valence-corrected chi connectivity index (χ2v) is 7.38. The highest BCUT2D eigenvalue weighted by atomic mass is 16.4. The van der Waals surface area contributed by atoms with Crippen LogP contribution in [0.15, 0.2) is 88.4 Å². The third kappa shape index (κ3) is 4.43. The molecule has 31 heavy (non-hydrogen) atoms. The van der Waals surface area contributed by atoms with E-state index in [1.807, 2.05) is 55.4 Å². The van der Waals surface area contributed by atoms with Crippen molar-refractivity contribution < 1.29 is 9.21 Å². The minimum absolute atomic E-state index is 0.283. The normalized spacial score (nSPS) is 11.1. The van der Waals surface area contributed by atoms with Gasteiger partial charge in [-0.05, 0) is 55.0 Å². The van der Waals surface area contributed by atoms with Gasteiger partial charge in [-0.15, -0.1) is 0 Å². The minimum Gasteiger partial charge on any atom is -0.440 e. The van der Waals surface area contributed by atoms with Gasteiger partial charge in [0, 0.05) is 37.1 Å². The van der Waals surface area contributed by atoms with Crippen molar-refractivity contribution in [2.45, 2.75) is 6.92 Å². The van der Waals surface area contributed by atoms with Gasteiger partial charge in [-0.1, -0.05) is 30.3 Å². The number of hydrogen-bond donors (Lipinski definition) is 1. The maximum Gasteiger partial charge on any atom is 0.271 e. The van der Waals surface area contributed by atoms with E-state index in [1.54, 1.807) is 18.2 Å². The fraction of sp³-hybridized carbons (Fsp3) is 0.120. The van der Waals surface area contributed by atoms with Crippen molar-refractivity contribution >= 4 is 18.0 Å². The lowest BCUT2D eigenvalue weighted by atomic mass is 10.1. The van der Waals surface area contributed by atoms with Crippen LogP contribution in [0.4, 0.5) is 5.88 Å². The summed E-state index contributed by atoms with van der Waals surface area (Å²) in [6.45, 7) is 2.07. The summed E-state index contributed by atoms with van der Waals surface area (Å²) in [4.78, 5) is 14.3. The molecule has 2 heterocycles. The second-order valence-electron chi connectivity index (χ2n) is 7.38. The fourth-order valence-corrected chi connectivity index (χ4v) is 3.35. The zero-order valence-electron chi connectivity index (χ0n) is 17.7. The quantitative estimate of drug-likeness (QED) is 0.363. The number of aryl methyl sites for hydroxylation is 1. The molecule has 4 rings (SSSR count). The predicted octanol–water partition coefficient (Wildman–Crippen LogP) is 4.88. The summed E-state index contributed by atoms with van der Waals surface area (Å²) in [5.74, 6) is 1.00. The monoisotopic (exact) mass is 412 g/mol. The van der Waals surface area contributed by atoms with Crippen molar-refractivity contribution in [2.75, 3.05) is 19.0 Å². The number of anilines is 1. The molecule has 1 N–H and O–H groups in total. The number of nitrogens with zero attached hydrogens (tertiary/aromatic N) is 3. The molecule has 2 aromatic heterocycles. The number of amides is 1. The Balaban J connectivity index is 1.48. The van der Waals surface area contributed by atoms with Crippen molar-refractivity contribution in [1.82, 2.24) is 9.99 Å². The van der Waals surface area contributed by atoms with Crippen LogP contribution in [0.5, 0.6) is 0 Å². The molecule has 1 amide bonds. The van der Waals surface area contributed by atoms with Gasteiger partial charge >= 0.3 is 0 Å². The van der Waals surface area contributed by atoms with Gasteiger partial charge in [-0.2, -0.15) is 5.10 Å². The summed E-state index contributed by atoms with van der Waals surface area (Å²) in [7, 11) is 3.78. The van der Waals surface area contributed by atoms with Gasteiger partial charge < -0.3 is 13.9 Å². The molecule has 6 heteroatoms. The second kappa shape index (κ2) is 8.75. The van der Waals surface area contributed by atoms with E-state index in [9.17, 15) is 4.79 Å². The SMILES string of the molecule is Cc1ccc(-c2ccccc2)n1-c1ccc(C(=O)N/N=C/c2ccc(N(C)C)o2)cc1. The van der Waals surface area contributed by atoms with Gasteiger partial charge in [0.2, 0.25) is 0 Å². The van der Waals surface area contributed by atoms with E-state index < -0.39 is 0 Å². The molecule has 2 aromatic carbocycles. The number of nitrogens with one attached hydrogen (secondary N) is 1. The van der Waals surface area contributed by atoms with E-state index >= 15 is 0 Å². The first-order valence-corrected chi connectivity index (χ1v) is 9.98. The van der Waals surface area contributed by atoms with Crippen LogP contribution < -0.4 is 10.3 Å². The summed E-state index contributed by atoms with van der Waals surface area (Å²) in [5.41, 5.74) is 7.43. The molecule has 0 fully saturated rings. The first-order valence-electron chi connectivity index (χ1n) is 9.98. The zero-order chi connectivity index (χ0) is 21.8. The number of aromatic nitrogens is 1. The van der Waals surface area contributed by atoms with Crippen molar-refractivity contribution in [3.8, 4) is 16.9 Å². The largest absolute Gasteiger partial charge is 0.440 e. The third-order valence-electron chi connectivity index (χ3n) is 4.94. The Morgan fingerprint density at radius 1 is 0.968 bits per heavy atom. The number of benzene rings is 2. The van der Waals surface area contributed by atoms with Crippen LogP contribution in [0.3, 0.4) is 0 Å². The van der Waals surface area contributed by atoms with E-state index in [-0.39, 0.29) is 5.91 Å². The zero-order valence-corrected chi connectivity index (χ0v) is 17.7. The number of hydrogen-bond acceptors (Lipinski definition) is 4. The van der Waals surface area contributed by atoms with E-state index in [0.29, 0.717) is 11.3 Å². The molecule has 0 radical (unpaired) electrons. The molecular weight excluding hydrogens is 388 g/mol. The van der Waals surface area contributed by atoms with Crippen LogP contribution in [0, 0.1) is 6.92 Å². The number of furan rings is 1. The van der Waals surface area contributed by atoms with Gasteiger partial charge in [0.25, 0.3) is 5.91 Å². The van der Waals surface area contributed by atoms with E-state index in [1.165, 1.54) is 6.21 Å². The molecule has 6 nitrogen and oxygen atoms in total. The maximum absolute atomic E-state index is 12.4. The first-order chi connectivity index (χ1) is 15.0. The van der Waals surface area contributed by atoms with E-state index in [0.717, 1.165) is 28.5 Å². The Bertz CT molecular complexity index is 1200. The topological polar surface area (TPSA) is 62.8 Å². The number of carbonyl (C=O) groups is 1. The van der Waals surface area contributed by atoms with Crippen LogP contribution in [-0.4, -0.2) is 30.8 Å². The molecule has 0 atom stereocenters. The lowest BCUT2D eigenvalue weighted by Gasteiger charge is -2.12. The number of hydrazone groups is 1. The van der Waals surface area contributed by atoms with Crippen molar-refractivity contribution in [2.24, 2.45) is 5.10 Å². The van der Waals surface area contributed by atoms with Crippen LogP contribution in [0.2, 0.25) is 0 Å². The molecule has 0 unspecified atom stereocenters. The molecule has 0 aliphatic carbocycles. The Hall–Kier alpha value is -4.06. The summed E-state index contributed by atoms with van der Waals surface area (Å²) < 4.78 is 7.75. The molecule has 0 aliphatic rings. The average Bonchev–Trinajstić information content (AvgIpc) is 3.41. The first kappa shape index (κ1) is 20.2. The van der Waals surface area contributed by atoms with Gasteiger partial charge in [0.15, 0.2) is 5.88 Å². The van der Waals surface area contributed by atoms with Gasteiger partial charge in [-0.25, -0.2) is 5.43 Å². The van der Waals surface area contributed by atoms with Crippen molar-refractivity contribution in [3.63, 3.8) is 0 Å². The molecule has 0 spiro atoms. The maximum atomic E-state index is 12.4. The van der Waals surface area contributed by atoms with E-state index in [4.69, 9.17) is 4.42 Å². The molecular formula is C25H24N4O2. The standard InChI is InChI=1S/C25H24N4O2/c1-18-9-15-23(19-7-5-4-6-8-19)29(18)21-12-10-20(11-13-21)25(30)27-26-17-22-14-16-24(31-22)28(2)3/h4-17H,1-3H3,(H,27,30)/b26-17+. The third-order valence-corrected chi connectivity index (χ3v) is 4.94. The highest BCUT2D eigenvalue weighted by Gasteiger charge is 2.11. The van der Waals surface area contributed by atoms with Crippen molar-refractivity contribution in [3.05, 3.63) is 95.9 Å². The van der Waals surface area contributed by atoms with Crippen LogP contribution in [0.1, 0.15) is 21.8 Å². The lowest BCUT2D eigenvalue weighted by molar-refractivity contribution is 0.0955. The number of carbonyl (C=O) groups excluding carboxylic acids is 1. The van der Waals surface area contributed by atoms with Crippen LogP contribution in [-0.2, 0) is 0 Å². The average molecular weight is 412 g/mol. The molecule has 0 bridgehead atoms. The summed E-state index contributed by atoms with van der Waals surface area (Å²) in [5, 5.41) is 3.99. The Morgan fingerprint density at radius 3 is 2.39 bits per heavy atom. The van der Waals surface area contributed by atoms with E-state index in [2.05, 4.69) is 46.3 Å². The molecule has 0 saturated heterocycles. The summed E-state index contributed by atoms with van der Waals surface area (Å²) in [6.07, 6.45) is 1.48. The summed E-state index contributed by atoms with van der Waals surface area (Å²) in [6, 6.07) is 25.5. The lowest BCUT2D eigenvalue weighted by Crippen LogP contribution is -2.17. The Kier molecular flexibility index (Phi) is 5.71. The van der Waals surface area contributed by atoms with Gasteiger partial charge in [0.1, 0.15) is 5.76 Å². The smallest absolute Gasteiger partial charge is 0.271 e. The Morgan fingerprint density at radius 2 is 1.71 bits per heavy atom. The van der Waals surface area contributed by atoms with Crippen molar-refractivity contribution in [1.29, 1.82) is 0 Å². The van der Waals surface area contributed by atoms with Crippen LogP contribution >= 0.6 is 0 Å². The Labute approximate surface area is 181 Å². The summed E-state index contributed by atoms with van der Waals surface area (Å²) >= 11 is 0. The van der Waals surface area contributed by atoms with Gasteiger partial charge in [0.05, 0.1) is 11.9 Å².